The van der Waals surface area contributed by atoms with Gasteiger partial charge in [-0.05, 0) is 36.8 Å². The first kappa shape index (κ1) is 14.9. The summed E-state index contributed by atoms with van der Waals surface area (Å²) in [6.45, 7) is 1.75. The molecule has 0 heterocycles. The molecule has 0 aliphatic heterocycles. The summed E-state index contributed by atoms with van der Waals surface area (Å²) in [5.74, 6) is -2.74. The zero-order chi connectivity index (χ0) is 14.9. The van der Waals surface area contributed by atoms with Crippen molar-refractivity contribution in [2.45, 2.75) is 6.92 Å². The number of carbonyl (C=O) groups excluding carboxylic acids is 1. The summed E-state index contributed by atoms with van der Waals surface area (Å²) in [6.07, 6.45) is 0. The zero-order valence-electron chi connectivity index (χ0n) is 10.3. The first-order valence-electron chi connectivity index (χ1n) is 5.60. The van der Waals surface area contributed by atoms with Crippen molar-refractivity contribution in [2.24, 2.45) is 0 Å². The number of nitrogens with one attached hydrogen (secondary N) is 1. The normalized spacial score (nSPS) is 10.4. The number of benzene rings is 2. The molecular formula is C14H9BrClF2NO. The summed E-state index contributed by atoms with van der Waals surface area (Å²) < 4.78 is 27.6. The molecule has 0 spiro atoms. The van der Waals surface area contributed by atoms with Crippen LogP contribution >= 0.6 is 27.5 Å². The third-order valence-corrected chi connectivity index (χ3v) is 3.37. The summed E-state index contributed by atoms with van der Waals surface area (Å²) in [5.41, 5.74) is 0.512. The third-order valence-electron chi connectivity index (χ3n) is 2.68. The molecule has 0 saturated carbocycles. The van der Waals surface area contributed by atoms with Gasteiger partial charge >= 0.3 is 0 Å². The van der Waals surface area contributed by atoms with E-state index >= 15 is 0 Å². The van der Waals surface area contributed by atoms with Crippen LogP contribution in [0.25, 0.3) is 0 Å². The van der Waals surface area contributed by atoms with E-state index in [-0.39, 0.29) is 4.47 Å². The maximum atomic E-state index is 13.7. The van der Waals surface area contributed by atoms with Crippen LogP contribution in [0.3, 0.4) is 0 Å². The Bertz CT molecular complexity index is 668. The van der Waals surface area contributed by atoms with Gasteiger partial charge in [-0.1, -0.05) is 33.6 Å². The van der Waals surface area contributed by atoms with E-state index in [2.05, 4.69) is 21.2 Å². The Hall–Kier alpha value is -1.46. The fourth-order valence-corrected chi connectivity index (χ4v) is 2.25. The van der Waals surface area contributed by atoms with Crippen molar-refractivity contribution in [3.63, 3.8) is 0 Å². The van der Waals surface area contributed by atoms with Gasteiger partial charge in [-0.2, -0.15) is 0 Å². The number of aryl methyl sites for hydroxylation is 1. The average molecular weight is 361 g/mol. The van der Waals surface area contributed by atoms with Gasteiger partial charge in [-0.3, -0.25) is 4.79 Å². The van der Waals surface area contributed by atoms with Crippen molar-refractivity contribution < 1.29 is 13.6 Å². The first-order valence-corrected chi connectivity index (χ1v) is 6.77. The molecule has 2 aromatic carbocycles. The summed E-state index contributed by atoms with van der Waals surface area (Å²) in [5, 5.41) is 2.87. The van der Waals surface area contributed by atoms with E-state index in [9.17, 15) is 13.6 Å². The Balaban J connectivity index is 2.36. The van der Waals surface area contributed by atoms with Gasteiger partial charge < -0.3 is 5.32 Å². The summed E-state index contributed by atoms with van der Waals surface area (Å²) >= 11 is 8.78. The van der Waals surface area contributed by atoms with Crippen molar-refractivity contribution in [1.82, 2.24) is 0 Å². The molecule has 1 amide bonds. The molecule has 20 heavy (non-hydrogen) atoms. The Morgan fingerprint density at radius 2 is 1.80 bits per heavy atom. The highest BCUT2D eigenvalue weighted by atomic mass is 79.9. The highest BCUT2D eigenvalue weighted by Gasteiger charge is 2.19. The molecule has 0 saturated heterocycles. The molecular weight excluding hydrogens is 352 g/mol. The van der Waals surface area contributed by atoms with Crippen LogP contribution in [-0.4, -0.2) is 5.91 Å². The standard InChI is InChI=1S/C14H9BrClF2NO/c1-7-2-3-9(16)6-12(7)19-14(20)13-10(17)4-8(15)5-11(13)18/h2-6H,1H3,(H,19,20). The first-order chi connectivity index (χ1) is 9.38. The van der Waals surface area contributed by atoms with Crippen molar-refractivity contribution in [2.75, 3.05) is 5.32 Å². The number of amides is 1. The molecule has 2 rings (SSSR count). The molecule has 0 unspecified atom stereocenters. The maximum absolute atomic E-state index is 13.7. The topological polar surface area (TPSA) is 29.1 Å². The largest absolute Gasteiger partial charge is 0.322 e. The molecule has 0 aliphatic rings. The summed E-state index contributed by atoms with van der Waals surface area (Å²) in [4.78, 5) is 12.0. The van der Waals surface area contributed by atoms with E-state index in [4.69, 9.17) is 11.6 Å². The van der Waals surface area contributed by atoms with E-state index in [1.54, 1.807) is 19.1 Å². The molecule has 0 aliphatic carbocycles. The molecule has 0 atom stereocenters. The molecule has 2 nitrogen and oxygen atoms in total. The van der Waals surface area contributed by atoms with Gasteiger partial charge in [0.25, 0.3) is 5.91 Å². The number of halogens is 4. The SMILES string of the molecule is Cc1ccc(Cl)cc1NC(=O)c1c(F)cc(Br)cc1F. The second kappa shape index (κ2) is 5.89. The van der Waals surface area contributed by atoms with Crippen molar-refractivity contribution in [1.29, 1.82) is 0 Å². The van der Waals surface area contributed by atoms with E-state index in [1.807, 2.05) is 0 Å². The van der Waals surface area contributed by atoms with Crippen LogP contribution in [0, 0.1) is 18.6 Å². The van der Waals surface area contributed by atoms with Crippen LogP contribution in [-0.2, 0) is 0 Å². The number of carbonyl (C=O) groups is 1. The Morgan fingerprint density at radius 1 is 1.20 bits per heavy atom. The Kier molecular flexibility index (Phi) is 4.40. The number of hydrogen-bond donors (Lipinski definition) is 1. The smallest absolute Gasteiger partial charge is 0.261 e. The number of anilines is 1. The molecule has 0 aromatic heterocycles. The summed E-state index contributed by atoms with van der Waals surface area (Å²) in [6, 6.07) is 6.94. The Morgan fingerprint density at radius 3 is 2.40 bits per heavy atom. The van der Waals surface area contributed by atoms with Crippen LogP contribution < -0.4 is 5.32 Å². The highest BCUT2D eigenvalue weighted by molar-refractivity contribution is 9.10. The van der Waals surface area contributed by atoms with Gasteiger partial charge in [-0.15, -0.1) is 0 Å². The average Bonchev–Trinajstić information content (AvgIpc) is 2.32. The Labute approximate surface area is 127 Å². The zero-order valence-corrected chi connectivity index (χ0v) is 12.6. The molecule has 6 heteroatoms. The quantitative estimate of drug-likeness (QED) is 0.807. The van der Waals surface area contributed by atoms with Gasteiger partial charge in [0.2, 0.25) is 0 Å². The monoisotopic (exact) mass is 359 g/mol. The minimum absolute atomic E-state index is 0.225. The lowest BCUT2D eigenvalue weighted by molar-refractivity contribution is 0.101. The van der Waals surface area contributed by atoms with Crippen molar-refractivity contribution >= 4 is 39.1 Å². The van der Waals surface area contributed by atoms with Gasteiger partial charge in [0.05, 0.1) is 0 Å². The van der Waals surface area contributed by atoms with Crippen LogP contribution in [0.1, 0.15) is 15.9 Å². The van der Waals surface area contributed by atoms with Gasteiger partial charge in [0, 0.05) is 15.2 Å². The fourth-order valence-electron chi connectivity index (χ4n) is 1.67. The predicted octanol–water partition coefficient (Wildman–Crippen LogP) is 4.94. The van der Waals surface area contributed by atoms with Crippen LogP contribution in [0.5, 0.6) is 0 Å². The van der Waals surface area contributed by atoms with E-state index in [0.29, 0.717) is 10.7 Å². The second-order valence-corrected chi connectivity index (χ2v) is 5.51. The minimum Gasteiger partial charge on any atom is -0.322 e. The van der Waals surface area contributed by atoms with Crippen molar-refractivity contribution in [3.8, 4) is 0 Å². The van der Waals surface area contributed by atoms with E-state index in [1.165, 1.54) is 6.07 Å². The maximum Gasteiger partial charge on any atom is 0.261 e. The lowest BCUT2D eigenvalue weighted by Crippen LogP contribution is -2.16. The van der Waals surface area contributed by atoms with Crippen LogP contribution in [0.2, 0.25) is 5.02 Å². The predicted molar refractivity (Wildman–Crippen MR) is 78.2 cm³/mol. The fraction of sp³-hybridized carbons (Fsp3) is 0.0714. The molecule has 0 fully saturated rings. The lowest BCUT2D eigenvalue weighted by atomic mass is 10.1. The third kappa shape index (κ3) is 3.16. The van der Waals surface area contributed by atoms with E-state index in [0.717, 1.165) is 17.7 Å². The number of hydrogen-bond acceptors (Lipinski definition) is 1. The van der Waals surface area contributed by atoms with Gasteiger partial charge in [0.15, 0.2) is 0 Å². The minimum atomic E-state index is -0.936. The highest BCUT2D eigenvalue weighted by Crippen LogP contribution is 2.23. The molecule has 1 N–H and O–H groups in total. The molecule has 104 valence electrons. The lowest BCUT2D eigenvalue weighted by Gasteiger charge is -2.10. The molecule has 0 radical (unpaired) electrons. The van der Waals surface area contributed by atoms with Crippen LogP contribution in [0.4, 0.5) is 14.5 Å². The van der Waals surface area contributed by atoms with E-state index < -0.39 is 23.1 Å². The molecule has 2 aromatic rings. The molecule has 0 bridgehead atoms. The summed E-state index contributed by atoms with van der Waals surface area (Å²) in [7, 11) is 0. The van der Waals surface area contributed by atoms with Crippen molar-refractivity contribution in [3.05, 3.63) is 62.6 Å². The van der Waals surface area contributed by atoms with Crippen LogP contribution in [0.15, 0.2) is 34.8 Å². The van der Waals surface area contributed by atoms with Gasteiger partial charge in [-0.25, -0.2) is 8.78 Å². The van der Waals surface area contributed by atoms with Gasteiger partial charge in [0.1, 0.15) is 17.2 Å². The second-order valence-electron chi connectivity index (χ2n) is 4.16. The number of rotatable bonds is 2.